The van der Waals surface area contributed by atoms with Gasteiger partial charge in [0.2, 0.25) is 0 Å². The molecule has 0 heterocycles. The lowest BCUT2D eigenvalue weighted by Gasteiger charge is -2.15. The van der Waals surface area contributed by atoms with Gasteiger partial charge >= 0.3 is 0 Å². The van der Waals surface area contributed by atoms with E-state index in [2.05, 4.69) is 5.32 Å². The van der Waals surface area contributed by atoms with Crippen molar-refractivity contribution in [2.45, 2.75) is 6.04 Å². The van der Waals surface area contributed by atoms with Crippen molar-refractivity contribution in [3.05, 3.63) is 33.8 Å². The molecule has 0 amide bonds. The van der Waals surface area contributed by atoms with Crippen LogP contribution in [-0.4, -0.2) is 18.8 Å². The van der Waals surface area contributed by atoms with Crippen molar-refractivity contribution in [3.63, 3.8) is 0 Å². The zero-order valence-corrected chi connectivity index (χ0v) is 9.96. The highest BCUT2D eigenvalue weighted by Crippen LogP contribution is 2.29. The number of nitrogens with one attached hydrogen (secondary N) is 1. The van der Waals surface area contributed by atoms with Crippen LogP contribution in [0.3, 0.4) is 0 Å². The van der Waals surface area contributed by atoms with Gasteiger partial charge in [-0.2, -0.15) is 0 Å². The third-order valence-corrected chi connectivity index (χ3v) is 2.72. The molecule has 0 radical (unpaired) electrons. The molecule has 5 heteroatoms. The molecule has 2 N–H and O–H groups in total. The second-order valence-electron chi connectivity index (χ2n) is 2.67. The average molecular weight is 257 g/mol. The second-order valence-corrected chi connectivity index (χ2v) is 3.45. The Morgan fingerprint density at radius 2 is 2.07 bits per heavy atom. The van der Waals surface area contributed by atoms with Crippen molar-refractivity contribution in [3.8, 4) is 0 Å². The van der Waals surface area contributed by atoms with Gasteiger partial charge < -0.3 is 10.4 Å². The van der Waals surface area contributed by atoms with E-state index in [1.807, 2.05) is 12.1 Å². The topological polar surface area (TPSA) is 32.3 Å². The molecule has 2 nitrogen and oxygen atoms in total. The SMILES string of the molecule is CNC(CO)c1cccc(Cl)c1Cl.Cl. The summed E-state index contributed by atoms with van der Waals surface area (Å²) in [4.78, 5) is 0. The number of aliphatic hydroxyl groups excluding tert-OH is 1. The smallest absolute Gasteiger partial charge is 0.0640 e. The lowest BCUT2D eigenvalue weighted by molar-refractivity contribution is 0.251. The zero-order valence-electron chi connectivity index (χ0n) is 7.63. The average Bonchev–Trinajstić information content (AvgIpc) is 2.14. The largest absolute Gasteiger partial charge is 0.394 e. The minimum absolute atomic E-state index is 0. The maximum absolute atomic E-state index is 9.03. The molecule has 0 aliphatic carbocycles. The number of hydrogen-bond donors (Lipinski definition) is 2. The Bertz CT molecular complexity index is 289. The van der Waals surface area contributed by atoms with Gasteiger partial charge in [0, 0.05) is 0 Å². The monoisotopic (exact) mass is 255 g/mol. The fraction of sp³-hybridized carbons (Fsp3) is 0.333. The second kappa shape index (κ2) is 6.49. The molecule has 1 atom stereocenters. The van der Waals surface area contributed by atoms with Crippen molar-refractivity contribution in [1.29, 1.82) is 0 Å². The molecule has 0 bridgehead atoms. The fourth-order valence-electron chi connectivity index (χ4n) is 1.13. The zero-order chi connectivity index (χ0) is 9.84. The van der Waals surface area contributed by atoms with E-state index in [-0.39, 0.29) is 25.1 Å². The molecule has 0 spiro atoms. The number of hydrogen-bond acceptors (Lipinski definition) is 2. The molecular weight excluding hydrogens is 244 g/mol. The Hall–Kier alpha value is 0.01000. The predicted molar refractivity (Wildman–Crippen MR) is 62.6 cm³/mol. The lowest BCUT2D eigenvalue weighted by Crippen LogP contribution is -2.20. The molecule has 0 saturated heterocycles. The van der Waals surface area contributed by atoms with Gasteiger partial charge in [-0.3, -0.25) is 0 Å². The summed E-state index contributed by atoms with van der Waals surface area (Å²) in [5.41, 5.74) is 0.819. The van der Waals surface area contributed by atoms with Gasteiger partial charge in [-0.25, -0.2) is 0 Å². The fourth-order valence-corrected chi connectivity index (χ4v) is 1.57. The Morgan fingerprint density at radius 1 is 1.43 bits per heavy atom. The van der Waals surface area contributed by atoms with E-state index in [4.69, 9.17) is 28.3 Å². The Labute approximate surface area is 99.6 Å². The standard InChI is InChI=1S/C9H11Cl2NO.ClH/c1-12-8(5-13)6-3-2-4-7(10)9(6)11;/h2-4,8,12-13H,5H2,1H3;1H. The molecule has 80 valence electrons. The minimum Gasteiger partial charge on any atom is -0.394 e. The van der Waals surface area contributed by atoms with Crippen LogP contribution in [0.2, 0.25) is 10.0 Å². The van der Waals surface area contributed by atoms with Crippen LogP contribution in [0.4, 0.5) is 0 Å². The molecular formula is C9H12Cl3NO. The molecule has 1 rings (SSSR count). The molecule has 0 saturated carbocycles. The van der Waals surface area contributed by atoms with E-state index in [0.717, 1.165) is 5.56 Å². The summed E-state index contributed by atoms with van der Waals surface area (Å²) in [7, 11) is 1.76. The van der Waals surface area contributed by atoms with Crippen LogP contribution in [0.25, 0.3) is 0 Å². The van der Waals surface area contributed by atoms with Crippen LogP contribution in [0.1, 0.15) is 11.6 Å². The van der Waals surface area contributed by atoms with Gasteiger partial charge in [0.05, 0.1) is 22.7 Å². The minimum atomic E-state index is -0.161. The van der Waals surface area contributed by atoms with Crippen LogP contribution in [0.5, 0.6) is 0 Å². The van der Waals surface area contributed by atoms with E-state index in [0.29, 0.717) is 10.0 Å². The van der Waals surface area contributed by atoms with Crippen molar-refractivity contribution >= 4 is 35.6 Å². The quantitative estimate of drug-likeness (QED) is 0.871. The molecule has 14 heavy (non-hydrogen) atoms. The summed E-state index contributed by atoms with van der Waals surface area (Å²) in [6.45, 7) is -0.00341. The molecule has 0 aliphatic rings. The third kappa shape index (κ3) is 3.01. The van der Waals surface area contributed by atoms with Crippen molar-refractivity contribution < 1.29 is 5.11 Å². The van der Waals surface area contributed by atoms with Gasteiger partial charge in [-0.05, 0) is 18.7 Å². The normalized spacial score (nSPS) is 12.0. The van der Waals surface area contributed by atoms with Crippen LogP contribution >= 0.6 is 35.6 Å². The molecule has 0 fully saturated rings. The Balaban J connectivity index is 0.00000169. The summed E-state index contributed by atoms with van der Waals surface area (Å²) in [5.74, 6) is 0. The van der Waals surface area contributed by atoms with Crippen molar-refractivity contribution in [2.75, 3.05) is 13.7 Å². The summed E-state index contributed by atoms with van der Waals surface area (Å²) >= 11 is 11.8. The van der Waals surface area contributed by atoms with Crippen LogP contribution in [0.15, 0.2) is 18.2 Å². The first-order valence-corrected chi connectivity index (χ1v) is 4.68. The van der Waals surface area contributed by atoms with Crippen molar-refractivity contribution in [2.24, 2.45) is 0 Å². The van der Waals surface area contributed by atoms with Gasteiger partial charge in [0.15, 0.2) is 0 Å². The first-order chi connectivity index (χ1) is 6.20. The van der Waals surface area contributed by atoms with Crippen LogP contribution < -0.4 is 5.32 Å². The highest BCUT2D eigenvalue weighted by Gasteiger charge is 2.12. The van der Waals surface area contributed by atoms with E-state index in [9.17, 15) is 0 Å². The van der Waals surface area contributed by atoms with E-state index >= 15 is 0 Å². The van der Waals surface area contributed by atoms with Crippen LogP contribution in [0, 0.1) is 0 Å². The summed E-state index contributed by atoms with van der Waals surface area (Å²) in [6.07, 6.45) is 0. The van der Waals surface area contributed by atoms with Crippen molar-refractivity contribution in [1.82, 2.24) is 5.32 Å². The molecule has 0 aromatic heterocycles. The van der Waals surface area contributed by atoms with E-state index < -0.39 is 0 Å². The maximum Gasteiger partial charge on any atom is 0.0640 e. The molecule has 0 aliphatic heterocycles. The predicted octanol–water partition coefficient (Wildman–Crippen LogP) is 2.67. The molecule has 1 aromatic carbocycles. The first kappa shape index (κ1) is 14.0. The van der Waals surface area contributed by atoms with Gasteiger partial charge in [-0.1, -0.05) is 35.3 Å². The molecule has 1 aromatic rings. The number of rotatable bonds is 3. The van der Waals surface area contributed by atoms with Crippen LogP contribution in [-0.2, 0) is 0 Å². The van der Waals surface area contributed by atoms with Gasteiger partial charge in [-0.15, -0.1) is 12.4 Å². The molecule has 1 unspecified atom stereocenters. The van der Waals surface area contributed by atoms with E-state index in [1.165, 1.54) is 0 Å². The van der Waals surface area contributed by atoms with Gasteiger partial charge in [0.1, 0.15) is 0 Å². The number of benzene rings is 1. The third-order valence-electron chi connectivity index (χ3n) is 1.89. The first-order valence-electron chi connectivity index (χ1n) is 3.92. The lowest BCUT2D eigenvalue weighted by atomic mass is 10.1. The summed E-state index contributed by atoms with van der Waals surface area (Å²) in [5, 5.41) is 13.0. The number of aliphatic hydroxyl groups is 1. The Kier molecular flexibility index (Phi) is 6.49. The highest BCUT2D eigenvalue weighted by atomic mass is 35.5. The maximum atomic E-state index is 9.03. The highest BCUT2D eigenvalue weighted by molar-refractivity contribution is 6.42. The number of likely N-dealkylation sites (N-methyl/N-ethyl adjacent to an activating group) is 1. The van der Waals surface area contributed by atoms with Gasteiger partial charge in [0.25, 0.3) is 0 Å². The van der Waals surface area contributed by atoms with E-state index in [1.54, 1.807) is 13.1 Å². The summed E-state index contributed by atoms with van der Waals surface area (Å²) in [6, 6.07) is 5.21. The Morgan fingerprint density at radius 3 is 2.57 bits per heavy atom. The number of halogens is 3. The summed E-state index contributed by atoms with van der Waals surface area (Å²) < 4.78 is 0.